The van der Waals surface area contributed by atoms with Crippen LogP contribution >= 0.6 is 11.3 Å². The molecule has 1 aromatic carbocycles. The van der Waals surface area contributed by atoms with Crippen LogP contribution < -0.4 is 20.1 Å². The Kier molecular flexibility index (Phi) is 3.57. The van der Waals surface area contributed by atoms with Gasteiger partial charge in [-0.25, -0.2) is 9.78 Å². The number of nitrogens with one attached hydrogen (secondary N) is 2. The number of carbonyl (C=O) groups excluding carboxylic acids is 1. The van der Waals surface area contributed by atoms with Gasteiger partial charge in [0.05, 0.1) is 5.69 Å². The quantitative estimate of drug-likeness (QED) is 0.881. The summed E-state index contributed by atoms with van der Waals surface area (Å²) in [5, 5.41) is 6.26. The molecule has 0 radical (unpaired) electrons. The first kappa shape index (κ1) is 14.3. The lowest BCUT2D eigenvalue weighted by molar-refractivity contribution is 0.174. The van der Waals surface area contributed by atoms with Crippen LogP contribution in [0.25, 0.3) is 0 Å². The summed E-state index contributed by atoms with van der Waals surface area (Å²) in [6.07, 6.45) is 3.22. The van der Waals surface area contributed by atoms with Gasteiger partial charge in [-0.2, -0.15) is 0 Å². The molecule has 2 aromatic rings. The SMILES string of the molecule is C[C@H]1CCc2nc(NC(=O)Nc3ccc4c(c3)OCO4)sc2C1. The van der Waals surface area contributed by atoms with Crippen LogP contribution in [-0.2, 0) is 12.8 Å². The summed E-state index contributed by atoms with van der Waals surface area (Å²) < 4.78 is 10.6. The number of hydrogen-bond acceptors (Lipinski definition) is 5. The highest BCUT2D eigenvalue weighted by molar-refractivity contribution is 7.15. The van der Waals surface area contributed by atoms with E-state index in [4.69, 9.17) is 9.47 Å². The molecule has 0 spiro atoms. The minimum atomic E-state index is -0.303. The Morgan fingerprint density at radius 1 is 1.30 bits per heavy atom. The Balaban J connectivity index is 1.42. The van der Waals surface area contributed by atoms with Crippen molar-refractivity contribution in [3.8, 4) is 11.5 Å². The standard InChI is InChI=1S/C16H17N3O3S/c1-9-2-4-11-14(6-9)23-16(18-11)19-15(20)17-10-3-5-12-13(7-10)22-8-21-12/h3,5,7,9H,2,4,6,8H2,1H3,(H2,17,18,19,20)/t9-/m0/s1. The third-order valence-corrected chi connectivity index (χ3v) is 5.07. The molecule has 2 heterocycles. The zero-order chi connectivity index (χ0) is 15.8. The number of urea groups is 1. The summed E-state index contributed by atoms with van der Waals surface area (Å²) >= 11 is 1.57. The molecule has 7 heteroatoms. The molecule has 0 bridgehead atoms. The number of ether oxygens (including phenoxy) is 2. The van der Waals surface area contributed by atoms with Gasteiger partial charge >= 0.3 is 6.03 Å². The average molecular weight is 331 g/mol. The Morgan fingerprint density at radius 2 is 2.17 bits per heavy atom. The van der Waals surface area contributed by atoms with E-state index in [1.54, 1.807) is 29.5 Å². The molecule has 1 aliphatic heterocycles. The fraction of sp³-hybridized carbons (Fsp3) is 0.375. The van der Waals surface area contributed by atoms with Crippen LogP contribution in [0.5, 0.6) is 11.5 Å². The lowest BCUT2D eigenvalue weighted by Crippen LogP contribution is -2.19. The molecule has 0 fully saturated rings. The highest BCUT2D eigenvalue weighted by Gasteiger charge is 2.20. The molecule has 4 rings (SSSR count). The third kappa shape index (κ3) is 2.96. The zero-order valence-corrected chi connectivity index (χ0v) is 13.5. The van der Waals surface area contributed by atoms with E-state index in [9.17, 15) is 4.79 Å². The second-order valence-electron chi connectivity index (χ2n) is 5.88. The summed E-state index contributed by atoms with van der Waals surface area (Å²) in [6, 6.07) is 5.00. The maximum atomic E-state index is 12.1. The van der Waals surface area contributed by atoms with Gasteiger partial charge in [0.1, 0.15) is 0 Å². The number of amides is 2. The Labute approximate surface area is 137 Å². The topological polar surface area (TPSA) is 72.5 Å². The van der Waals surface area contributed by atoms with Crippen molar-refractivity contribution in [1.29, 1.82) is 0 Å². The fourth-order valence-corrected chi connectivity index (χ4v) is 3.99. The minimum absolute atomic E-state index is 0.216. The summed E-state index contributed by atoms with van der Waals surface area (Å²) in [6.45, 7) is 2.47. The van der Waals surface area contributed by atoms with Crippen LogP contribution in [0.3, 0.4) is 0 Å². The van der Waals surface area contributed by atoms with Gasteiger partial charge in [-0.3, -0.25) is 5.32 Å². The average Bonchev–Trinajstić information content (AvgIpc) is 3.11. The van der Waals surface area contributed by atoms with Crippen LogP contribution in [0.4, 0.5) is 15.6 Å². The first-order valence-electron chi connectivity index (χ1n) is 7.63. The summed E-state index contributed by atoms with van der Waals surface area (Å²) in [4.78, 5) is 18.0. The summed E-state index contributed by atoms with van der Waals surface area (Å²) in [7, 11) is 0. The van der Waals surface area contributed by atoms with Crippen molar-refractivity contribution in [2.24, 2.45) is 5.92 Å². The van der Waals surface area contributed by atoms with Crippen LogP contribution in [0.2, 0.25) is 0 Å². The number of hydrogen-bond donors (Lipinski definition) is 2. The normalized spacial score (nSPS) is 18.4. The Morgan fingerprint density at radius 3 is 3.09 bits per heavy atom. The molecule has 2 N–H and O–H groups in total. The highest BCUT2D eigenvalue weighted by Crippen LogP contribution is 2.35. The fourth-order valence-electron chi connectivity index (χ4n) is 2.83. The lowest BCUT2D eigenvalue weighted by atomic mass is 9.93. The predicted octanol–water partition coefficient (Wildman–Crippen LogP) is 3.64. The highest BCUT2D eigenvalue weighted by atomic mass is 32.1. The van der Waals surface area contributed by atoms with E-state index in [0.717, 1.165) is 18.5 Å². The van der Waals surface area contributed by atoms with Gasteiger partial charge in [-0.15, -0.1) is 11.3 Å². The van der Waals surface area contributed by atoms with Crippen molar-refractivity contribution in [3.63, 3.8) is 0 Å². The van der Waals surface area contributed by atoms with Crippen molar-refractivity contribution in [3.05, 3.63) is 28.8 Å². The molecule has 0 saturated carbocycles. The molecular weight excluding hydrogens is 314 g/mol. The number of rotatable bonds is 2. The van der Waals surface area contributed by atoms with Crippen molar-refractivity contribution in [2.75, 3.05) is 17.4 Å². The van der Waals surface area contributed by atoms with E-state index >= 15 is 0 Å². The number of carbonyl (C=O) groups is 1. The van der Waals surface area contributed by atoms with Crippen molar-refractivity contribution < 1.29 is 14.3 Å². The van der Waals surface area contributed by atoms with Gasteiger partial charge in [0, 0.05) is 16.6 Å². The molecule has 6 nitrogen and oxygen atoms in total. The number of aryl methyl sites for hydroxylation is 1. The second kappa shape index (κ2) is 5.73. The molecule has 2 aliphatic rings. The van der Waals surface area contributed by atoms with Gasteiger partial charge in [-0.05, 0) is 37.3 Å². The third-order valence-electron chi connectivity index (χ3n) is 4.04. The second-order valence-corrected chi connectivity index (χ2v) is 6.97. The van der Waals surface area contributed by atoms with Gasteiger partial charge in [0.2, 0.25) is 6.79 Å². The van der Waals surface area contributed by atoms with Crippen LogP contribution in [0.1, 0.15) is 23.9 Å². The lowest BCUT2D eigenvalue weighted by Gasteiger charge is -2.15. The summed E-state index contributed by atoms with van der Waals surface area (Å²) in [5.74, 6) is 2.03. The first-order chi connectivity index (χ1) is 11.2. The number of aromatic nitrogens is 1. The molecule has 1 atom stereocenters. The zero-order valence-electron chi connectivity index (χ0n) is 12.7. The Bertz CT molecular complexity index is 759. The van der Waals surface area contributed by atoms with Gasteiger partial charge in [0.15, 0.2) is 16.6 Å². The first-order valence-corrected chi connectivity index (χ1v) is 8.45. The monoisotopic (exact) mass is 331 g/mol. The molecule has 23 heavy (non-hydrogen) atoms. The van der Waals surface area contributed by atoms with Crippen molar-refractivity contribution in [2.45, 2.75) is 26.2 Å². The van der Waals surface area contributed by atoms with Crippen molar-refractivity contribution in [1.82, 2.24) is 4.98 Å². The van der Waals surface area contributed by atoms with E-state index in [2.05, 4.69) is 22.5 Å². The van der Waals surface area contributed by atoms with Gasteiger partial charge in [0.25, 0.3) is 0 Å². The number of nitrogens with zero attached hydrogens (tertiary/aromatic N) is 1. The summed E-state index contributed by atoms with van der Waals surface area (Å²) in [5.41, 5.74) is 1.79. The molecule has 1 aromatic heterocycles. The smallest absolute Gasteiger partial charge is 0.325 e. The molecule has 0 unspecified atom stereocenters. The molecule has 1 aliphatic carbocycles. The van der Waals surface area contributed by atoms with E-state index < -0.39 is 0 Å². The molecular formula is C16H17N3O3S. The van der Waals surface area contributed by atoms with E-state index in [1.165, 1.54) is 11.3 Å². The number of thiazole rings is 1. The van der Waals surface area contributed by atoms with Crippen LogP contribution in [-0.4, -0.2) is 17.8 Å². The van der Waals surface area contributed by atoms with Crippen molar-refractivity contribution >= 4 is 28.2 Å². The number of fused-ring (bicyclic) bond motifs is 2. The molecule has 2 amide bonds. The van der Waals surface area contributed by atoms with Crippen LogP contribution in [0.15, 0.2) is 18.2 Å². The number of benzene rings is 1. The van der Waals surface area contributed by atoms with Gasteiger partial charge in [-0.1, -0.05) is 6.92 Å². The van der Waals surface area contributed by atoms with Gasteiger partial charge < -0.3 is 14.8 Å². The van der Waals surface area contributed by atoms with E-state index in [1.807, 2.05) is 0 Å². The maximum absolute atomic E-state index is 12.1. The number of anilines is 2. The van der Waals surface area contributed by atoms with E-state index in [0.29, 0.717) is 28.2 Å². The predicted molar refractivity (Wildman–Crippen MR) is 88.5 cm³/mol. The molecule has 120 valence electrons. The maximum Gasteiger partial charge on any atom is 0.325 e. The minimum Gasteiger partial charge on any atom is -0.454 e. The molecule has 0 saturated heterocycles. The largest absolute Gasteiger partial charge is 0.454 e. The van der Waals surface area contributed by atoms with Crippen LogP contribution in [0, 0.1) is 5.92 Å². The Hall–Kier alpha value is -2.28. The van der Waals surface area contributed by atoms with E-state index in [-0.39, 0.29) is 12.8 Å².